The Morgan fingerprint density at radius 1 is 1.38 bits per heavy atom. The molecule has 9 heteroatoms. The lowest BCUT2D eigenvalue weighted by Gasteiger charge is -2.25. The van der Waals surface area contributed by atoms with Crippen LogP contribution in [-0.2, 0) is 14.6 Å². The maximum absolute atomic E-state index is 12.6. The summed E-state index contributed by atoms with van der Waals surface area (Å²) < 4.78 is 65.6. The van der Waals surface area contributed by atoms with Crippen LogP contribution >= 0.6 is 0 Å². The number of hydrogen-bond donors (Lipinski definition) is 2. The molecule has 0 spiro atoms. The Kier molecular flexibility index (Phi) is 6.45. The first-order valence-electron chi connectivity index (χ1n) is 6.79. The number of rotatable bonds is 8. The van der Waals surface area contributed by atoms with Crippen LogP contribution in [0.15, 0.2) is 0 Å². The zero-order chi connectivity index (χ0) is 16.1. The van der Waals surface area contributed by atoms with E-state index in [-0.39, 0.29) is 56.4 Å². The van der Waals surface area contributed by atoms with E-state index < -0.39 is 21.6 Å². The van der Waals surface area contributed by atoms with E-state index >= 15 is 0 Å². The summed E-state index contributed by atoms with van der Waals surface area (Å²) in [7, 11) is -1.79. The standard InChI is InChI=1S/C12H22F3NO4S/c1-20-5-7-21(18,19)6-4-16-9-10-2-3-11(17,8-10)12(13,14)15/h10,16-17H,2-9H2,1H3. The molecule has 0 aliphatic heterocycles. The highest BCUT2D eigenvalue weighted by Gasteiger charge is 2.56. The lowest BCUT2D eigenvalue weighted by molar-refractivity contribution is -0.258. The Morgan fingerprint density at radius 2 is 2.05 bits per heavy atom. The van der Waals surface area contributed by atoms with E-state index in [2.05, 4.69) is 10.1 Å². The number of aliphatic hydroxyl groups is 1. The highest BCUT2D eigenvalue weighted by atomic mass is 32.2. The second kappa shape index (κ2) is 7.26. The molecule has 0 aromatic carbocycles. The number of hydrogen-bond acceptors (Lipinski definition) is 5. The van der Waals surface area contributed by atoms with Crippen LogP contribution in [0.1, 0.15) is 19.3 Å². The molecule has 1 fully saturated rings. The van der Waals surface area contributed by atoms with Gasteiger partial charge in [0.1, 0.15) is 0 Å². The molecule has 0 radical (unpaired) electrons. The van der Waals surface area contributed by atoms with E-state index in [1.54, 1.807) is 0 Å². The molecule has 2 N–H and O–H groups in total. The van der Waals surface area contributed by atoms with Crippen LogP contribution in [0.4, 0.5) is 13.2 Å². The van der Waals surface area contributed by atoms with Crippen molar-refractivity contribution in [2.24, 2.45) is 5.92 Å². The third kappa shape index (κ3) is 5.72. The van der Waals surface area contributed by atoms with E-state index in [0.29, 0.717) is 0 Å². The van der Waals surface area contributed by atoms with Gasteiger partial charge in [-0.2, -0.15) is 13.2 Å². The fourth-order valence-electron chi connectivity index (χ4n) is 2.40. The topological polar surface area (TPSA) is 75.6 Å². The lowest BCUT2D eigenvalue weighted by Crippen LogP contribution is -2.43. The molecule has 1 saturated carbocycles. The van der Waals surface area contributed by atoms with Gasteiger partial charge >= 0.3 is 6.18 Å². The number of alkyl halides is 3. The van der Waals surface area contributed by atoms with Crippen molar-refractivity contribution < 1.29 is 31.4 Å². The number of halogens is 3. The van der Waals surface area contributed by atoms with E-state index in [1.807, 2.05) is 0 Å². The molecule has 0 aromatic heterocycles. The molecule has 2 atom stereocenters. The second-order valence-electron chi connectivity index (χ2n) is 5.49. The van der Waals surface area contributed by atoms with Crippen LogP contribution in [0.25, 0.3) is 0 Å². The average Bonchev–Trinajstić information content (AvgIpc) is 2.75. The molecule has 0 saturated heterocycles. The third-order valence-electron chi connectivity index (χ3n) is 3.74. The molecule has 5 nitrogen and oxygen atoms in total. The van der Waals surface area contributed by atoms with Crippen LogP contribution in [0, 0.1) is 5.92 Å². The number of nitrogens with one attached hydrogen (secondary N) is 1. The van der Waals surface area contributed by atoms with Gasteiger partial charge in [0.25, 0.3) is 0 Å². The number of ether oxygens (including phenoxy) is 1. The summed E-state index contributed by atoms with van der Waals surface area (Å²) in [6, 6.07) is 0. The van der Waals surface area contributed by atoms with Crippen molar-refractivity contribution in [1.82, 2.24) is 5.32 Å². The normalized spacial score (nSPS) is 27.2. The van der Waals surface area contributed by atoms with Gasteiger partial charge in [-0.05, 0) is 31.7 Å². The smallest absolute Gasteiger partial charge is 0.384 e. The molecule has 1 aliphatic carbocycles. The minimum Gasteiger partial charge on any atom is -0.384 e. The molecule has 21 heavy (non-hydrogen) atoms. The van der Waals surface area contributed by atoms with Gasteiger partial charge in [-0.1, -0.05) is 0 Å². The van der Waals surface area contributed by atoms with Crippen molar-refractivity contribution >= 4 is 9.84 Å². The third-order valence-corrected chi connectivity index (χ3v) is 5.36. The maximum Gasteiger partial charge on any atom is 0.417 e. The van der Waals surface area contributed by atoms with Crippen molar-refractivity contribution in [3.8, 4) is 0 Å². The Bertz CT molecular complexity index is 427. The van der Waals surface area contributed by atoms with Crippen LogP contribution in [-0.4, -0.2) is 63.6 Å². The van der Waals surface area contributed by atoms with Gasteiger partial charge in [-0.25, -0.2) is 8.42 Å². The van der Waals surface area contributed by atoms with Gasteiger partial charge in [-0.15, -0.1) is 0 Å². The minimum atomic E-state index is -4.61. The Morgan fingerprint density at radius 3 is 2.57 bits per heavy atom. The Balaban J connectivity index is 2.26. The van der Waals surface area contributed by atoms with Crippen LogP contribution < -0.4 is 5.32 Å². The predicted molar refractivity (Wildman–Crippen MR) is 71.7 cm³/mol. The maximum atomic E-state index is 12.6. The summed E-state index contributed by atoms with van der Waals surface area (Å²) in [5.41, 5.74) is -2.59. The number of sulfone groups is 1. The molecule has 126 valence electrons. The average molecular weight is 333 g/mol. The summed E-state index contributed by atoms with van der Waals surface area (Å²) in [5, 5.41) is 12.4. The minimum absolute atomic E-state index is 0.0670. The first-order valence-corrected chi connectivity index (χ1v) is 8.61. The van der Waals surface area contributed by atoms with Crippen molar-refractivity contribution in [3.05, 3.63) is 0 Å². The molecule has 0 aromatic rings. The van der Waals surface area contributed by atoms with Gasteiger partial charge < -0.3 is 15.2 Å². The second-order valence-corrected chi connectivity index (χ2v) is 7.79. The molecular formula is C12H22F3NO4S. The quantitative estimate of drug-likeness (QED) is 0.641. The van der Waals surface area contributed by atoms with Crippen molar-refractivity contribution in [1.29, 1.82) is 0 Å². The SMILES string of the molecule is COCCS(=O)(=O)CCNCC1CCC(O)(C(F)(F)F)C1. The van der Waals surface area contributed by atoms with E-state index in [9.17, 15) is 26.7 Å². The van der Waals surface area contributed by atoms with Gasteiger partial charge in [0.2, 0.25) is 0 Å². The van der Waals surface area contributed by atoms with Crippen LogP contribution in [0.3, 0.4) is 0 Å². The van der Waals surface area contributed by atoms with E-state index in [4.69, 9.17) is 0 Å². The summed E-state index contributed by atoms with van der Waals surface area (Å²) >= 11 is 0. The molecule has 0 bridgehead atoms. The molecule has 0 heterocycles. The van der Waals surface area contributed by atoms with Crippen LogP contribution in [0.2, 0.25) is 0 Å². The number of methoxy groups -OCH3 is 1. The van der Waals surface area contributed by atoms with Gasteiger partial charge in [0.05, 0.1) is 18.1 Å². The van der Waals surface area contributed by atoms with Crippen molar-refractivity contribution in [2.75, 3.05) is 38.3 Å². The summed E-state index contributed by atoms with van der Waals surface area (Å²) in [6.07, 6.45) is -4.96. The van der Waals surface area contributed by atoms with E-state index in [1.165, 1.54) is 7.11 Å². The molecule has 1 rings (SSSR count). The fourth-order valence-corrected chi connectivity index (χ4v) is 3.48. The zero-order valence-corrected chi connectivity index (χ0v) is 12.8. The van der Waals surface area contributed by atoms with Crippen molar-refractivity contribution in [2.45, 2.75) is 31.0 Å². The van der Waals surface area contributed by atoms with Gasteiger partial charge in [0.15, 0.2) is 15.4 Å². The summed E-state index contributed by atoms with van der Waals surface area (Å²) in [6.45, 7) is 0.592. The van der Waals surface area contributed by atoms with E-state index in [0.717, 1.165) is 0 Å². The first kappa shape index (κ1) is 18.7. The Labute approximate surface area is 122 Å². The highest BCUT2D eigenvalue weighted by molar-refractivity contribution is 7.91. The van der Waals surface area contributed by atoms with Gasteiger partial charge in [0, 0.05) is 13.7 Å². The van der Waals surface area contributed by atoms with Crippen molar-refractivity contribution in [3.63, 3.8) is 0 Å². The molecule has 1 aliphatic rings. The largest absolute Gasteiger partial charge is 0.417 e. The summed E-state index contributed by atoms with van der Waals surface area (Å²) in [4.78, 5) is 0. The van der Waals surface area contributed by atoms with Crippen LogP contribution in [0.5, 0.6) is 0 Å². The molecule has 2 unspecified atom stereocenters. The first-order chi connectivity index (χ1) is 9.60. The van der Waals surface area contributed by atoms with Gasteiger partial charge in [-0.3, -0.25) is 0 Å². The molecular weight excluding hydrogens is 311 g/mol. The Hall–Kier alpha value is -0.380. The highest BCUT2D eigenvalue weighted by Crippen LogP contribution is 2.45. The molecule has 0 amide bonds. The monoisotopic (exact) mass is 333 g/mol. The lowest BCUT2D eigenvalue weighted by atomic mass is 10.00. The fraction of sp³-hybridized carbons (Fsp3) is 1.00. The predicted octanol–water partition coefficient (Wildman–Crippen LogP) is 0.731. The summed E-state index contributed by atoms with van der Waals surface area (Å²) in [5.74, 6) is -0.437. The zero-order valence-electron chi connectivity index (χ0n) is 11.9.